The fraction of sp³-hybridized carbons (Fsp3) is 0.867. The average molecular weight is 221 g/mol. The van der Waals surface area contributed by atoms with Gasteiger partial charge in [-0.25, -0.2) is 0 Å². The highest BCUT2D eigenvalue weighted by Crippen LogP contribution is 2.37. The maximum Gasteiger partial charge on any atom is 0.0238 e. The van der Waals surface area contributed by atoms with Crippen LogP contribution in [0.15, 0.2) is 0 Å². The molecule has 1 N–H and O–H groups in total. The van der Waals surface area contributed by atoms with Crippen molar-refractivity contribution in [1.82, 2.24) is 5.32 Å². The third-order valence-electron chi connectivity index (χ3n) is 3.90. The summed E-state index contributed by atoms with van der Waals surface area (Å²) in [5.41, 5.74) is 0.482. The van der Waals surface area contributed by atoms with E-state index < -0.39 is 0 Å². The van der Waals surface area contributed by atoms with Crippen LogP contribution in [0.25, 0.3) is 0 Å². The number of hydrogen-bond donors (Lipinski definition) is 1. The molecular weight excluding hydrogens is 194 g/mol. The highest BCUT2D eigenvalue weighted by atomic mass is 14.9. The Morgan fingerprint density at radius 3 is 2.25 bits per heavy atom. The topological polar surface area (TPSA) is 12.0 Å². The number of hydrogen-bond acceptors (Lipinski definition) is 1. The van der Waals surface area contributed by atoms with E-state index in [4.69, 9.17) is 6.42 Å². The molecule has 92 valence electrons. The second-order valence-electron chi connectivity index (χ2n) is 6.39. The van der Waals surface area contributed by atoms with Crippen LogP contribution >= 0.6 is 0 Å². The third kappa shape index (κ3) is 4.18. The SMILES string of the molecule is C#CCC(C)NC1CCC(C(C)(C)C)CC1. The zero-order chi connectivity index (χ0) is 12.2. The second-order valence-corrected chi connectivity index (χ2v) is 6.39. The predicted molar refractivity (Wildman–Crippen MR) is 71.2 cm³/mol. The zero-order valence-electron chi connectivity index (χ0n) is 11.3. The Bertz CT molecular complexity index is 235. The van der Waals surface area contributed by atoms with Gasteiger partial charge < -0.3 is 5.32 Å². The van der Waals surface area contributed by atoms with Crippen molar-refractivity contribution < 1.29 is 0 Å². The van der Waals surface area contributed by atoms with E-state index in [-0.39, 0.29) is 0 Å². The minimum Gasteiger partial charge on any atom is -0.311 e. The number of nitrogens with one attached hydrogen (secondary N) is 1. The molecular formula is C15H27N. The summed E-state index contributed by atoms with van der Waals surface area (Å²) in [7, 11) is 0. The largest absolute Gasteiger partial charge is 0.311 e. The Morgan fingerprint density at radius 1 is 1.25 bits per heavy atom. The lowest BCUT2D eigenvalue weighted by atomic mass is 9.71. The van der Waals surface area contributed by atoms with Gasteiger partial charge in [0.2, 0.25) is 0 Å². The molecule has 0 saturated heterocycles. The molecule has 0 aliphatic heterocycles. The van der Waals surface area contributed by atoms with E-state index in [0.717, 1.165) is 12.3 Å². The predicted octanol–water partition coefficient (Wildman–Crippen LogP) is 3.59. The molecule has 0 amide bonds. The Labute approximate surface area is 101 Å². The fourth-order valence-corrected chi connectivity index (χ4v) is 2.76. The number of rotatable bonds is 3. The van der Waals surface area contributed by atoms with Crippen LogP contribution in [0.4, 0.5) is 0 Å². The van der Waals surface area contributed by atoms with Crippen molar-refractivity contribution in [3.63, 3.8) is 0 Å². The Hall–Kier alpha value is -0.480. The van der Waals surface area contributed by atoms with Crippen LogP contribution in [0.5, 0.6) is 0 Å². The molecule has 0 aromatic heterocycles. The Kier molecular flexibility index (Phi) is 4.87. The molecule has 1 heteroatoms. The van der Waals surface area contributed by atoms with E-state index in [1.165, 1.54) is 25.7 Å². The lowest BCUT2D eigenvalue weighted by Crippen LogP contribution is -2.40. The van der Waals surface area contributed by atoms with Crippen LogP contribution < -0.4 is 5.32 Å². The summed E-state index contributed by atoms with van der Waals surface area (Å²) in [5.74, 6) is 3.62. The summed E-state index contributed by atoms with van der Waals surface area (Å²) in [6.07, 6.45) is 11.5. The molecule has 1 rings (SSSR count). The molecule has 1 fully saturated rings. The summed E-state index contributed by atoms with van der Waals surface area (Å²) in [6, 6.07) is 1.17. The van der Waals surface area contributed by atoms with Crippen LogP contribution in [0.3, 0.4) is 0 Å². The molecule has 1 nitrogen and oxygen atoms in total. The van der Waals surface area contributed by atoms with Crippen LogP contribution in [0, 0.1) is 23.7 Å². The van der Waals surface area contributed by atoms with Crippen molar-refractivity contribution in [2.75, 3.05) is 0 Å². The number of terminal acetylenes is 1. The van der Waals surface area contributed by atoms with E-state index in [2.05, 4.69) is 38.9 Å². The molecule has 0 spiro atoms. The first kappa shape index (κ1) is 13.6. The molecule has 1 atom stereocenters. The van der Waals surface area contributed by atoms with Crippen molar-refractivity contribution in [2.45, 2.75) is 71.9 Å². The van der Waals surface area contributed by atoms with E-state index >= 15 is 0 Å². The van der Waals surface area contributed by atoms with Crippen molar-refractivity contribution in [1.29, 1.82) is 0 Å². The summed E-state index contributed by atoms with van der Waals surface area (Å²) < 4.78 is 0. The molecule has 0 aromatic carbocycles. The van der Waals surface area contributed by atoms with E-state index in [1.807, 2.05) is 0 Å². The third-order valence-corrected chi connectivity index (χ3v) is 3.90. The van der Waals surface area contributed by atoms with Crippen molar-refractivity contribution >= 4 is 0 Å². The standard InChI is InChI=1S/C15H27N/c1-6-7-12(2)16-14-10-8-13(9-11-14)15(3,4)5/h1,12-14,16H,7-11H2,2-5H3. The van der Waals surface area contributed by atoms with Gasteiger partial charge in [-0.1, -0.05) is 20.8 Å². The monoisotopic (exact) mass is 221 g/mol. The minimum atomic E-state index is 0.473. The molecule has 16 heavy (non-hydrogen) atoms. The van der Waals surface area contributed by atoms with E-state index in [0.29, 0.717) is 17.5 Å². The molecule has 1 aliphatic rings. The van der Waals surface area contributed by atoms with Gasteiger partial charge in [0, 0.05) is 18.5 Å². The second kappa shape index (κ2) is 5.73. The molecule has 0 radical (unpaired) electrons. The molecule has 0 heterocycles. The highest BCUT2D eigenvalue weighted by molar-refractivity contribution is 4.90. The van der Waals surface area contributed by atoms with Crippen molar-refractivity contribution in [3.8, 4) is 12.3 Å². The van der Waals surface area contributed by atoms with Gasteiger partial charge in [-0.15, -0.1) is 12.3 Å². The molecule has 1 unspecified atom stereocenters. The van der Waals surface area contributed by atoms with Gasteiger partial charge >= 0.3 is 0 Å². The van der Waals surface area contributed by atoms with Gasteiger partial charge in [0.15, 0.2) is 0 Å². The summed E-state index contributed by atoms with van der Waals surface area (Å²) in [6.45, 7) is 9.29. The Morgan fingerprint density at radius 2 is 1.81 bits per heavy atom. The lowest BCUT2D eigenvalue weighted by molar-refractivity contribution is 0.157. The summed E-state index contributed by atoms with van der Waals surface area (Å²) in [5, 5.41) is 3.65. The van der Waals surface area contributed by atoms with E-state index in [1.54, 1.807) is 0 Å². The van der Waals surface area contributed by atoms with Crippen LogP contribution in [-0.4, -0.2) is 12.1 Å². The quantitative estimate of drug-likeness (QED) is 0.718. The van der Waals surface area contributed by atoms with Crippen molar-refractivity contribution in [3.05, 3.63) is 0 Å². The van der Waals surface area contributed by atoms with Crippen LogP contribution in [0.2, 0.25) is 0 Å². The normalized spacial score (nSPS) is 28.4. The van der Waals surface area contributed by atoms with Gasteiger partial charge in [-0.2, -0.15) is 0 Å². The lowest BCUT2D eigenvalue weighted by Gasteiger charge is -2.38. The summed E-state index contributed by atoms with van der Waals surface area (Å²) >= 11 is 0. The van der Waals surface area contributed by atoms with Crippen molar-refractivity contribution in [2.24, 2.45) is 11.3 Å². The fourth-order valence-electron chi connectivity index (χ4n) is 2.76. The maximum absolute atomic E-state index is 5.32. The molecule has 1 aliphatic carbocycles. The van der Waals surface area contributed by atoms with Gasteiger partial charge in [-0.3, -0.25) is 0 Å². The Balaban J connectivity index is 2.30. The molecule has 0 bridgehead atoms. The van der Waals surface area contributed by atoms with Crippen LogP contribution in [-0.2, 0) is 0 Å². The smallest absolute Gasteiger partial charge is 0.0238 e. The van der Waals surface area contributed by atoms with E-state index in [9.17, 15) is 0 Å². The average Bonchev–Trinajstić information content (AvgIpc) is 2.17. The molecule has 0 aromatic rings. The molecule has 1 saturated carbocycles. The van der Waals surface area contributed by atoms with Gasteiger partial charge in [0.25, 0.3) is 0 Å². The first-order valence-electron chi connectivity index (χ1n) is 6.63. The highest BCUT2D eigenvalue weighted by Gasteiger charge is 2.29. The first-order chi connectivity index (χ1) is 7.43. The summed E-state index contributed by atoms with van der Waals surface area (Å²) in [4.78, 5) is 0. The van der Waals surface area contributed by atoms with Gasteiger partial charge in [-0.05, 0) is 43.9 Å². The first-order valence-corrected chi connectivity index (χ1v) is 6.63. The van der Waals surface area contributed by atoms with Crippen LogP contribution in [0.1, 0.15) is 59.8 Å². The van der Waals surface area contributed by atoms with Gasteiger partial charge in [0.05, 0.1) is 0 Å². The zero-order valence-corrected chi connectivity index (χ0v) is 11.3. The maximum atomic E-state index is 5.32. The van der Waals surface area contributed by atoms with Gasteiger partial charge in [0.1, 0.15) is 0 Å². The minimum absolute atomic E-state index is 0.473.